The highest BCUT2D eigenvalue weighted by Crippen LogP contribution is 2.29. The van der Waals surface area contributed by atoms with Crippen LogP contribution in [0.25, 0.3) is 5.57 Å². The summed E-state index contributed by atoms with van der Waals surface area (Å²) < 4.78 is 5.18. The second kappa shape index (κ2) is 7.16. The largest absolute Gasteiger partial charge is 0.480 e. The number of aromatic nitrogens is 1. The molecule has 0 aliphatic carbocycles. The van der Waals surface area contributed by atoms with Gasteiger partial charge in [-0.2, -0.15) is 0 Å². The van der Waals surface area contributed by atoms with Crippen molar-refractivity contribution in [1.29, 1.82) is 0 Å². The Kier molecular flexibility index (Phi) is 5.45. The van der Waals surface area contributed by atoms with Crippen molar-refractivity contribution in [3.63, 3.8) is 0 Å². The number of hydrogen-bond donors (Lipinski definition) is 1. The van der Waals surface area contributed by atoms with Gasteiger partial charge in [0, 0.05) is 5.57 Å². The van der Waals surface area contributed by atoms with Crippen LogP contribution in [-0.4, -0.2) is 23.8 Å². The molecule has 4 heteroatoms. The highest BCUT2D eigenvalue weighted by Gasteiger charge is 2.15. The van der Waals surface area contributed by atoms with Gasteiger partial charge in [0.2, 0.25) is 5.88 Å². The second-order valence-electron chi connectivity index (χ2n) is 6.32. The molecule has 0 bridgehead atoms. The number of hydrogen-bond acceptors (Lipinski definition) is 3. The maximum absolute atomic E-state index is 9.36. The van der Waals surface area contributed by atoms with Crippen LogP contribution < -0.4 is 4.74 Å². The van der Waals surface area contributed by atoms with Crippen molar-refractivity contribution in [1.82, 2.24) is 4.98 Å². The topological polar surface area (TPSA) is 42.4 Å². The lowest BCUT2D eigenvalue weighted by atomic mass is 9.86. The summed E-state index contributed by atoms with van der Waals surface area (Å²) in [5.41, 5.74) is 3.91. The normalized spacial score (nSPS) is 12.3. The van der Waals surface area contributed by atoms with Gasteiger partial charge in [0.25, 0.3) is 0 Å². The number of ether oxygens (including phenoxy) is 1. The van der Waals surface area contributed by atoms with Crippen molar-refractivity contribution in [2.75, 3.05) is 13.7 Å². The average Bonchev–Trinajstić information content (AvgIpc) is 2.53. The first-order chi connectivity index (χ1) is 10.9. The predicted octanol–water partition coefficient (Wildman–Crippen LogP) is 4.47. The summed E-state index contributed by atoms with van der Waals surface area (Å²) in [7, 11) is 1.53. The number of aliphatic hydroxyl groups excluding tert-OH is 1. The Morgan fingerprint density at radius 3 is 2.35 bits per heavy atom. The van der Waals surface area contributed by atoms with Gasteiger partial charge < -0.3 is 9.84 Å². The molecule has 1 N–H and O–H groups in total. The molecule has 0 amide bonds. The summed E-state index contributed by atoms with van der Waals surface area (Å²) >= 11 is 6.04. The van der Waals surface area contributed by atoms with E-state index in [1.54, 1.807) is 12.1 Å². The van der Waals surface area contributed by atoms with Gasteiger partial charge in [-0.15, -0.1) is 0 Å². The molecule has 0 saturated carbocycles. The molecular weight excluding hydrogens is 310 g/mol. The smallest absolute Gasteiger partial charge is 0.232 e. The number of benzene rings is 1. The van der Waals surface area contributed by atoms with Crippen molar-refractivity contribution in [2.45, 2.75) is 26.2 Å². The Morgan fingerprint density at radius 1 is 1.17 bits per heavy atom. The third kappa shape index (κ3) is 4.12. The van der Waals surface area contributed by atoms with E-state index in [0.29, 0.717) is 16.6 Å². The molecule has 0 radical (unpaired) electrons. The quantitative estimate of drug-likeness (QED) is 0.899. The van der Waals surface area contributed by atoms with Crippen LogP contribution in [0.15, 0.2) is 42.5 Å². The zero-order valence-electron chi connectivity index (χ0n) is 13.9. The molecule has 0 atom stereocenters. The Labute approximate surface area is 142 Å². The molecule has 1 aromatic heterocycles. The van der Waals surface area contributed by atoms with Crippen LogP contribution in [0.4, 0.5) is 0 Å². The summed E-state index contributed by atoms with van der Waals surface area (Å²) in [5, 5.41) is 9.82. The third-order valence-corrected chi connectivity index (χ3v) is 3.93. The molecular formula is C19H22ClNO2. The minimum atomic E-state index is -0.0665. The van der Waals surface area contributed by atoms with E-state index in [1.807, 2.05) is 18.2 Å². The van der Waals surface area contributed by atoms with E-state index in [4.69, 9.17) is 16.3 Å². The van der Waals surface area contributed by atoms with Gasteiger partial charge in [-0.25, -0.2) is 4.98 Å². The van der Waals surface area contributed by atoms with Gasteiger partial charge in [0.05, 0.1) is 19.4 Å². The summed E-state index contributed by atoms with van der Waals surface area (Å²) in [6.07, 6.45) is 1.74. The van der Waals surface area contributed by atoms with Crippen LogP contribution in [0.1, 0.15) is 37.6 Å². The van der Waals surface area contributed by atoms with E-state index in [1.165, 1.54) is 12.7 Å². The molecule has 1 aromatic carbocycles. The van der Waals surface area contributed by atoms with Gasteiger partial charge >= 0.3 is 0 Å². The molecule has 0 aliphatic heterocycles. The van der Waals surface area contributed by atoms with E-state index >= 15 is 0 Å². The molecule has 0 fully saturated rings. The standard InChI is InChI=1S/C19H22ClNO2/c1-19(2,3)14-7-5-13(6-8-14)15(11-12-22)17-10-9-16(20)18(21-17)23-4/h5-11,22H,12H2,1-4H3. The molecule has 3 nitrogen and oxygen atoms in total. The van der Waals surface area contributed by atoms with Crippen molar-refractivity contribution < 1.29 is 9.84 Å². The zero-order chi connectivity index (χ0) is 17.0. The fourth-order valence-electron chi connectivity index (χ4n) is 2.33. The minimum absolute atomic E-state index is 0.0665. The van der Waals surface area contributed by atoms with Crippen molar-refractivity contribution in [2.24, 2.45) is 0 Å². The molecule has 122 valence electrons. The van der Waals surface area contributed by atoms with E-state index in [0.717, 1.165) is 11.1 Å². The van der Waals surface area contributed by atoms with E-state index < -0.39 is 0 Å². The molecule has 0 aliphatic rings. The first kappa shape index (κ1) is 17.5. The van der Waals surface area contributed by atoms with Gasteiger partial charge in [-0.3, -0.25) is 0 Å². The number of aliphatic hydroxyl groups is 1. The van der Waals surface area contributed by atoms with Crippen molar-refractivity contribution >= 4 is 17.2 Å². The van der Waals surface area contributed by atoms with Gasteiger partial charge in [0.15, 0.2) is 0 Å². The average molecular weight is 332 g/mol. The van der Waals surface area contributed by atoms with E-state index in [2.05, 4.69) is 37.9 Å². The zero-order valence-corrected chi connectivity index (χ0v) is 14.7. The fourth-order valence-corrected chi connectivity index (χ4v) is 2.51. The Morgan fingerprint density at radius 2 is 1.83 bits per heavy atom. The maximum Gasteiger partial charge on any atom is 0.232 e. The van der Waals surface area contributed by atoms with Crippen LogP contribution >= 0.6 is 11.6 Å². The van der Waals surface area contributed by atoms with Crippen LogP contribution in [0.3, 0.4) is 0 Å². The minimum Gasteiger partial charge on any atom is -0.480 e. The first-order valence-electron chi connectivity index (χ1n) is 7.49. The van der Waals surface area contributed by atoms with Crippen LogP contribution in [0.5, 0.6) is 5.88 Å². The summed E-state index contributed by atoms with van der Waals surface area (Å²) in [4.78, 5) is 4.42. The molecule has 1 heterocycles. The molecule has 0 saturated heterocycles. The van der Waals surface area contributed by atoms with Crippen LogP contribution in [0, 0.1) is 0 Å². The van der Waals surface area contributed by atoms with Crippen molar-refractivity contribution in [3.05, 3.63) is 64.3 Å². The summed E-state index contributed by atoms with van der Waals surface area (Å²) in [6.45, 7) is 6.47. The van der Waals surface area contributed by atoms with Crippen molar-refractivity contribution in [3.8, 4) is 5.88 Å². The maximum atomic E-state index is 9.36. The highest BCUT2D eigenvalue weighted by atomic mass is 35.5. The Hall–Kier alpha value is -1.84. The van der Waals surface area contributed by atoms with Crippen LogP contribution in [0.2, 0.25) is 5.02 Å². The fraction of sp³-hybridized carbons (Fsp3) is 0.316. The Balaban J connectivity index is 2.45. The number of methoxy groups -OCH3 is 1. The molecule has 0 spiro atoms. The first-order valence-corrected chi connectivity index (χ1v) is 7.87. The van der Waals surface area contributed by atoms with Gasteiger partial charge in [-0.1, -0.05) is 56.6 Å². The molecule has 23 heavy (non-hydrogen) atoms. The van der Waals surface area contributed by atoms with E-state index in [-0.39, 0.29) is 12.0 Å². The second-order valence-corrected chi connectivity index (χ2v) is 6.72. The summed E-state index contributed by atoms with van der Waals surface area (Å²) in [6, 6.07) is 11.9. The lowest BCUT2D eigenvalue weighted by Crippen LogP contribution is -2.10. The Bertz CT molecular complexity index is 700. The van der Waals surface area contributed by atoms with Gasteiger partial charge in [-0.05, 0) is 34.8 Å². The lowest BCUT2D eigenvalue weighted by molar-refractivity contribution is 0.343. The van der Waals surface area contributed by atoms with Gasteiger partial charge in [0.1, 0.15) is 5.02 Å². The lowest BCUT2D eigenvalue weighted by Gasteiger charge is -2.19. The van der Waals surface area contributed by atoms with E-state index in [9.17, 15) is 5.11 Å². The number of nitrogens with zero attached hydrogens (tertiary/aromatic N) is 1. The molecule has 0 unspecified atom stereocenters. The number of halogens is 1. The summed E-state index contributed by atoms with van der Waals surface area (Å²) in [5.74, 6) is 0.374. The number of pyridine rings is 1. The molecule has 2 aromatic rings. The van der Waals surface area contributed by atoms with Crippen LogP contribution in [-0.2, 0) is 5.41 Å². The number of rotatable bonds is 4. The highest BCUT2D eigenvalue weighted by molar-refractivity contribution is 6.31. The molecule has 2 rings (SSSR count). The monoisotopic (exact) mass is 331 g/mol. The predicted molar refractivity (Wildman–Crippen MR) is 95.1 cm³/mol. The third-order valence-electron chi connectivity index (χ3n) is 3.64. The SMILES string of the molecule is COc1nc(C(=CCO)c2ccc(C(C)(C)C)cc2)ccc1Cl.